The van der Waals surface area contributed by atoms with Gasteiger partial charge in [-0.05, 0) is 64.1 Å². The zero-order chi connectivity index (χ0) is 19.4. The number of carbonyl (C=O) groups excluding carboxylic acids is 1. The minimum absolute atomic E-state index is 0.0658. The van der Waals surface area contributed by atoms with Crippen LogP contribution >= 0.6 is 0 Å². The largest absolute Gasteiger partial charge is 0.492 e. The first-order valence-electron chi connectivity index (χ1n) is 8.29. The average Bonchev–Trinajstić information content (AvgIpc) is 2.55. The molecule has 0 radical (unpaired) electrons. The van der Waals surface area contributed by atoms with Gasteiger partial charge < -0.3 is 10.1 Å². The maximum absolute atomic E-state index is 12.6. The molecule has 0 atom stereocenters. The van der Waals surface area contributed by atoms with Gasteiger partial charge in [-0.1, -0.05) is 12.1 Å². The van der Waals surface area contributed by atoms with Crippen molar-refractivity contribution in [3.05, 3.63) is 54.1 Å². The molecule has 0 saturated carbocycles. The molecule has 6 nitrogen and oxygen atoms in total. The number of para-hydroxylation sites is 2. The number of rotatable bonds is 6. The summed E-state index contributed by atoms with van der Waals surface area (Å²) in [5.74, 6) is 0.204. The third-order valence-corrected chi connectivity index (χ3v) is 4.73. The number of carbonyl (C=O) groups is 1. The Bertz CT molecular complexity index is 869. The fraction of sp³-hybridized carbons (Fsp3) is 0.316. The van der Waals surface area contributed by atoms with Crippen LogP contribution in [0.2, 0.25) is 0 Å². The van der Waals surface area contributed by atoms with Gasteiger partial charge in [-0.2, -0.15) is 0 Å². The highest BCUT2D eigenvalue weighted by atomic mass is 32.2. The lowest BCUT2D eigenvalue weighted by atomic mass is 10.1. The molecule has 2 aromatic carbocycles. The number of amides is 1. The second-order valence-corrected chi connectivity index (χ2v) is 8.45. The molecule has 26 heavy (non-hydrogen) atoms. The number of sulfonamides is 1. The Kier molecular flexibility index (Phi) is 5.92. The number of benzene rings is 2. The van der Waals surface area contributed by atoms with Gasteiger partial charge in [-0.15, -0.1) is 0 Å². The van der Waals surface area contributed by atoms with Crippen LogP contribution in [-0.2, 0) is 10.0 Å². The van der Waals surface area contributed by atoms with E-state index in [1.165, 1.54) is 24.3 Å². The molecule has 0 aliphatic rings. The highest BCUT2D eigenvalue weighted by Crippen LogP contribution is 2.26. The average molecular weight is 376 g/mol. The third-order valence-electron chi connectivity index (χ3n) is 3.35. The lowest BCUT2D eigenvalue weighted by molar-refractivity contribution is 0.0919. The molecule has 0 spiro atoms. The van der Waals surface area contributed by atoms with E-state index in [-0.39, 0.29) is 16.3 Å². The van der Waals surface area contributed by atoms with Crippen LogP contribution in [0.3, 0.4) is 0 Å². The molecule has 7 heteroatoms. The number of hydrogen-bond acceptors (Lipinski definition) is 4. The predicted molar refractivity (Wildman–Crippen MR) is 102 cm³/mol. The highest BCUT2D eigenvalue weighted by molar-refractivity contribution is 7.92. The number of hydrogen-bond donors (Lipinski definition) is 2. The van der Waals surface area contributed by atoms with Crippen molar-refractivity contribution in [3.63, 3.8) is 0 Å². The molecule has 0 aromatic heterocycles. The molecule has 2 rings (SSSR count). The van der Waals surface area contributed by atoms with Crippen LogP contribution in [0.15, 0.2) is 53.4 Å². The second-order valence-electron chi connectivity index (χ2n) is 6.76. The van der Waals surface area contributed by atoms with E-state index in [1.54, 1.807) is 24.3 Å². The summed E-state index contributed by atoms with van der Waals surface area (Å²) in [6, 6.07) is 12.6. The number of ether oxygens (including phenoxy) is 1. The Morgan fingerprint density at radius 3 is 2.23 bits per heavy atom. The van der Waals surface area contributed by atoms with Gasteiger partial charge >= 0.3 is 0 Å². The van der Waals surface area contributed by atoms with Crippen molar-refractivity contribution in [3.8, 4) is 5.75 Å². The summed E-state index contributed by atoms with van der Waals surface area (Å²) in [5, 5.41) is 2.83. The fourth-order valence-corrected chi connectivity index (χ4v) is 3.30. The summed E-state index contributed by atoms with van der Waals surface area (Å²) in [6.07, 6.45) is 0. The molecule has 0 bridgehead atoms. The normalized spacial score (nSPS) is 11.7. The maximum atomic E-state index is 12.6. The van der Waals surface area contributed by atoms with Crippen LogP contribution in [0.25, 0.3) is 0 Å². The van der Waals surface area contributed by atoms with Crippen molar-refractivity contribution in [1.29, 1.82) is 0 Å². The Morgan fingerprint density at radius 2 is 1.65 bits per heavy atom. The zero-order valence-corrected chi connectivity index (χ0v) is 16.2. The topological polar surface area (TPSA) is 84.5 Å². The molecular formula is C19H24N2O4S. The molecule has 140 valence electrons. The molecular weight excluding hydrogens is 352 g/mol. The maximum Gasteiger partial charge on any atom is 0.262 e. The minimum Gasteiger partial charge on any atom is -0.492 e. The van der Waals surface area contributed by atoms with Gasteiger partial charge in [0.15, 0.2) is 0 Å². The quantitative estimate of drug-likeness (QED) is 0.809. The van der Waals surface area contributed by atoms with Crippen LogP contribution in [0.5, 0.6) is 5.75 Å². The molecule has 2 N–H and O–H groups in total. The summed E-state index contributed by atoms with van der Waals surface area (Å²) in [6.45, 7) is 7.89. The number of nitrogens with one attached hydrogen (secondary N) is 2. The standard InChI is InChI=1S/C19H24N2O4S/c1-5-25-17-9-7-6-8-16(17)21-26(23,24)15-12-10-14(11-13-15)18(22)20-19(2,3)4/h6-13,21H,5H2,1-4H3,(H,20,22). The van der Waals surface area contributed by atoms with E-state index in [0.29, 0.717) is 23.6 Å². The molecule has 0 fully saturated rings. The first-order valence-corrected chi connectivity index (χ1v) is 9.78. The SMILES string of the molecule is CCOc1ccccc1NS(=O)(=O)c1ccc(C(=O)NC(C)(C)C)cc1. The first-order chi connectivity index (χ1) is 12.1. The van der Waals surface area contributed by atoms with E-state index in [9.17, 15) is 13.2 Å². The smallest absolute Gasteiger partial charge is 0.262 e. The van der Waals surface area contributed by atoms with Crippen molar-refractivity contribution in [2.45, 2.75) is 38.1 Å². The van der Waals surface area contributed by atoms with Crippen LogP contribution < -0.4 is 14.8 Å². The Hall–Kier alpha value is -2.54. The third kappa shape index (κ3) is 5.23. The van der Waals surface area contributed by atoms with Crippen molar-refractivity contribution in [2.24, 2.45) is 0 Å². The number of anilines is 1. The van der Waals surface area contributed by atoms with Gasteiger partial charge in [0.1, 0.15) is 5.75 Å². The van der Waals surface area contributed by atoms with E-state index in [2.05, 4.69) is 10.0 Å². The van der Waals surface area contributed by atoms with Crippen LogP contribution in [-0.4, -0.2) is 26.5 Å². The van der Waals surface area contributed by atoms with Crippen LogP contribution in [0.4, 0.5) is 5.69 Å². The van der Waals surface area contributed by atoms with Crippen LogP contribution in [0.1, 0.15) is 38.1 Å². The molecule has 0 aliphatic heterocycles. The predicted octanol–water partition coefficient (Wildman–Crippen LogP) is 3.41. The summed E-state index contributed by atoms with van der Waals surface area (Å²) >= 11 is 0. The van der Waals surface area contributed by atoms with E-state index < -0.39 is 10.0 Å². The molecule has 0 saturated heterocycles. The van der Waals surface area contributed by atoms with Crippen molar-refractivity contribution in [1.82, 2.24) is 5.32 Å². The van der Waals surface area contributed by atoms with E-state index in [0.717, 1.165) is 0 Å². The molecule has 0 aliphatic carbocycles. The van der Waals surface area contributed by atoms with Gasteiger partial charge in [0.2, 0.25) is 0 Å². The summed E-state index contributed by atoms with van der Waals surface area (Å²) < 4.78 is 33.2. The van der Waals surface area contributed by atoms with Gasteiger partial charge in [-0.25, -0.2) is 8.42 Å². The van der Waals surface area contributed by atoms with Gasteiger partial charge in [0, 0.05) is 11.1 Å². The Labute approximate surface area is 154 Å². The van der Waals surface area contributed by atoms with E-state index in [4.69, 9.17) is 4.74 Å². The Balaban J connectivity index is 2.21. The molecule has 1 amide bonds. The van der Waals surface area contributed by atoms with Gasteiger partial charge in [0.05, 0.1) is 17.2 Å². The van der Waals surface area contributed by atoms with Crippen molar-refractivity contribution >= 4 is 21.6 Å². The van der Waals surface area contributed by atoms with E-state index in [1.807, 2.05) is 27.7 Å². The summed E-state index contributed by atoms with van der Waals surface area (Å²) in [4.78, 5) is 12.2. The van der Waals surface area contributed by atoms with E-state index >= 15 is 0 Å². The molecule has 2 aromatic rings. The van der Waals surface area contributed by atoms with Gasteiger partial charge in [-0.3, -0.25) is 9.52 Å². The van der Waals surface area contributed by atoms with Crippen molar-refractivity contribution in [2.75, 3.05) is 11.3 Å². The molecule has 0 unspecified atom stereocenters. The summed E-state index contributed by atoms with van der Waals surface area (Å²) in [5.41, 5.74) is 0.393. The Morgan fingerprint density at radius 1 is 1.04 bits per heavy atom. The molecule has 0 heterocycles. The minimum atomic E-state index is -3.79. The zero-order valence-electron chi connectivity index (χ0n) is 15.4. The highest BCUT2D eigenvalue weighted by Gasteiger charge is 2.19. The van der Waals surface area contributed by atoms with Crippen molar-refractivity contribution < 1.29 is 17.9 Å². The lowest BCUT2D eigenvalue weighted by Crippen LogP contribution is -2.40. The van der Waals surface area contributed by atoms with Gasteiger partial charge in [0.25, 0.3) is 15.9 Å². The lowest BCUT2D eigenvalue weighted by Gasteiger charge is -2.20. The monoisotopic (exact) mass is 376 g/mol. The first kappa shape index (κ1) is 19.8. The fourth-order valence-electron chi connectivity index (χ4n) is 2.23. The van der Waals surface area contributed by atoms with Crippen LogP contribution in [0, 0.1) is 0 Å². The second kappa shape index (κ2) is 7.78. The summed E-state index contributed by atoms with van der Waals surface area (Å²) in [7, 11) is -3.79.